The molecule has 0 amide bonds. The molecule has 5 fully saturated rings. The first-order valence-electron chi connectivity index (χ1n) is 10.3. The maximum atomic E-state index is 11.5. The highest BCUT2D eigenvalue weighted by Gasteiger charge is 2.69. The van der Waals surface area contributed by atoms with E-state index in [-0.39, 0.29) is 23.5 Å². The van der Waals surface area contributed by atoms with Gasteiger partial charge >= 0.3 is 11.9 Å². The van der Waals surface area contributed by atoms with Crippen LogP contribution in [0, 0.1) is 41.4 Å². The molecule has 1 saturated heterocycles. The SMILES string of the molecule is CCC(C)C(=O)OC.O=C1CCC2(CC3CC2C2C4CCC(C4)C32)O1. The number of carbonyl (C=O) groups is 2. The van der Waals surface area contributed by atoms with Crippen molar-refractivity contribution >= 4 is 11.9 Å². The summed E-state index contributed by atoms with van der Waals surface area (Å²) in [5, 5.41) is 0. The summed E-state index contributed by atoms with van der Waals surface area (Å²) in [4.78, 5) is 22.0. The Morgan fingerprint density at radius 3 is 2.52 bits per heavy atom. The monoisotopic (exact) mass is 348 g/mol. The van der Waals surface area contributed by atoms with Crippen molar-refractivity contribution in [2.75, 3.05) is 7.11 Å². The average Bonchev–Trinajstić information content (AvgIpc) is 3.40. The van der Waals surface area contributed by atoms with E-state index in [9.17, 15) is 9.59 Å². The minimum atomic E-state index is -0.118. The van der Waals surface area contributed by atoms with Crippen LogP contribution in [0.5, 0.6) is 0 Å². The van der Waals surface area contributed by atoms with Crippen LogP contribution in [0.2, 0.25) is 0 Å². The summed E-state index contributed by atoms with van der Waals surface area (Å²) in [6, 6.07) is 0. The van der Waals surface area contributed by atoms with E-state index in [4.69, 9.17) is 4.74 Å². The fourth-order valence-corrected chi connectivity index (χ4v) is 7.11. The summed E-state index contributed by atoms with van der Waals surface area (Å²) in [6.07, 6.45) is 9.66. The molecule has 4 saturated carbocycles. The van der Waals surface area contributed by atoms with Gasteiger partial charge in [-0.3, -0.25) is 9.59 Å². The van der Waals surface area contributed by atoms with Gasteiger partial charge in [-0.25, -0.2) is 0 Å². The second-order valence-electron chi connectivity index (χ2n) is 9.17. The quantitative estimate of drug-likeness (QED) is 0.560. The number of methoxy groups -OCH3 is 1. The third kappa shape index (κ3) is 2.62. The molecule has 0 N–H and O–H groups in total. The van der Waals surface area contributed by atoms with Gasteiger partial charge < -0.3 is 9.47 Å². The van der Waals surface area contributed by atoms with E-state index in [2.05, 4.69) is 4.74 Å². The van der Waals surface area contributed by atoms with E-state index < -0.39 is 0 Å². The van der Waals surface area contributed by atoms with E-state index >= 15 is 0 Å². The van der Waals surface area contributed by atoms with Crippen LogP contribution in [-0.4, -0.2) is 24.6 Å². The number of esters is 2. The highest BCUT2D eigenvalue weighted by atomic mass is 16.6. The molecule has 5 aliphatic rings. The normalized spacial score (nSPS) is 46.6. The summed E-state index contributed by atoms with van der Waals surface area (Å²) >= 11 is 0. The third-order valence-electron chi connectivity index (χ3n) is 8.18. The van der Waals surface area contributed by atoms with Gasteiger partial charge in [-0.2, -0.15) is 0 Å². The summed E-state index contributed by atoms with van der Waals surface area (Å²) in [6.45, 7) is 3.81. The van der Waals surface area contributed by atoms with E-state index in [0.717, 1.165) is 48.3 Å². The number of ether oxygens (including phenoxy) is 2. The second kappa shape index (κ2) is 6.28. The molecule has 25 heavy (non-hydrogen) atoms. The molecule has 4 heteroatoms. The van der Waals surface area contributed by atoms with Crippen LogP contribution in [-0.2, 0) is 19.1 Å². The zero-order chi connectivity index (χ0) is 17.8. The molecule has 4 aliphatic carbocycles. The standard InChI is InChI=1S/C15H20O2.C6H12O2/c16-12-3-4-15(17-12)7-10-6-11(15)14-9-2-1-8(5-9)13(10)14;1-4-5(2)6(7)8-3/h8-11,13-14H,1-7H2;5H,4H2,1-3H3. The molecule has 4 nitrogen and oxygen atoms in total. The molecule has 0 aromatic heterocycles. The van der Waals surface area contributed by atoms with E-state index in [1.54, 1.807) is 0 Å². The molecule has 1 heterocycles. The van der Waals surface area contributed by atoms with Gasteiger partial charge in [0.2, 0.25) is 0 Å². The minimum Gasteiger partial charge on any atom is -0.469 e. The number of hydrogen-bond donors (Lipinski definition) is 0. The van der Waals surface area contributed by atoms with Gasteiger partial charge in [0.15, 0.2) is 0 Å². The fourth-order valence-electron chi connectivity index (χ4n) is 7.11. The smallest absolute Gasteiger partial charge is 0.308 e. The number of fused-ring (bicyclic) bond motifs is 10. The van der Waals surface area contributed by atoms with Gasteiger partial charge in [0.05, 0.1) is 13.0 Å². The maximum Gasteiger partial charge on any atom is 0.308 e. The molecular formula is C21H32O4. The molecule has 4 bridgehead atoms. The lowest BCUT2D eigenvalue weighted by molar-refractivity contribution is -0.156. The van der Waals surface area contributed by atoms with Gasteiger partial charge in [0, 0.05) is 12.3 Å². The third-order valence-corrected chi connectivity index (χ3v) is 8.18. The van der Waals surface area contributed by atoms with Gasteiger partial charge in [-0.15, -0.1) is 0 Å². The minimum absolute atomic E-state index is 0.0212. The Bertz CT molecular complexity index is 558. The lowest BCUT2D eigenvalue weighted by Crippen LogP contribution is -2.44. The molecule has 8 atom stereocenters. The first kappa shape index (κ1) is 17.4. The van der Waals surface area contributed by atoms with Gasteiger partial charge in [0.25, 0.3) is 0 Å². The van der Waals surface area contributed by atoms with Crippen LogP contribution in [0.1, 0.15) is 65.2 Å². The lowest BCUT2D eigenvalue weighted by Gasteiger charge is -2.43. The predicted molar refractivity (Wildman–Crippen MR) is 93.6 cm³/mol. The molecular weight excluding hydrogens is 316 g/mol. The van der Waals surface area contributed by atoms with Crippen LogP contribution in [0.15, 0.2) is 0 Å². The summed E-state index contributed by atoms with van der Waals surface area (Å²) < 4.78 is 10.3. The maximum absolute atomic E-state index is 11.5. The van der Waals surface area contributed by atoms with Crippen LogP contribution in [0.25, 0.3) is 0 Å². The van der Waals surface area contributed by atoms with Crippen molar-refractivity contribution in [1.82, 2.24) is 0 Å². The fraction of sp³-hybridized carbons (Fsp3) is 0.905. The average molecular weight is 348 g/mol. The van der Waals surface area contributed by atoms with Crippen molar-refractivity contribution in [1.29, 1.82) is 0 Å². The predicted octanol–water partition coefficient (Wildman–Crippen LogP) is 3.97. The van der Waals surface area contributed by atoms with Crippen molar-refractivity contribution < 1.29 is 19.1 Å². The zero-order valence-electron chi connectivity index (χ0n) is 15.8. The first-order chi connectivity index (χ1) is 12.0. The largest absolute Gasteiger partial charge is 0.469 e. The van der Waals surface area contributed by atoms with Crippen molar-refractivity contribution in [2.45, 2.75) is 70.8 Å². The molecule has 140 valence electrons. The van der Waals surface area contributed by atoms with Gasteiger partial charge in [0.1, 0.15) is 5.60 Å². The van der Waals surface area contributed by atoms with Crippen molar-refractivity contribution in [2.24, 2.45) is 41.4 Å². The second-order valence-corrected chi connectivity index (χ2v) is 9.17. The Kier molecular flexibility index (Phi) is 4.36. The molecule has 5 rings (SSSR count). The summed E-state index contributed by atoms with van der Waals surface area (Å²) in [5.74, 6) is 5.70. The lowest BCUT2D eigenvalue weighted by atomic mass is 9.65. The Morgan fingerprint density at radius 2 is 1.96 bits per heavy atom. The Balaban J connectivity index is 0.000000170. The van der Waals surface area contributed by atoms with E-state index in [1.807, 2.05) is 13.8 Å². The van der Waals surface area contributed by atoms with Crippen LogP contribution >= 0.6 is 0 Å². The molecule has 1 spiro atoms. The summed E-state index contributed by atoms with van der Waals surface area (Å²) in [7, 11) is 1.41. The molecule has 0 radical (unpaired) electrons. The van der Waals surface area contributed by atoms with Crippen LogP contribution in [0.4, 0.5) is 0 Å². The van der Waals surface area contributed by atoms with Crippen molar-refractivity contribution in [3.63, 3.8) is 0 Å². The van der Waals surface area contributed by atoms with Crippen molar-refractivity contribution in [3.8, 4) is 0 Å². The molecule has 1 aliphatic heterocycles. The Labute approximate surface area is 151 Å². The van der Waals surface area contributed by atoms with Crippen molar-refractivity contribution in [3.05, 3.63) is 0 Å². The number of rotatable bonds is 2. The first-order valence-corrected chi connectivity index (χ1v) is 10.3. The van der Waals surface area contributed by atoms with Gasteiger partial charge in [-0.05, 0) is 74.5 Å². The highest BCUT2D eigenvalue weighted by molar-refractivity contribution is 5.72. The Hall–Kier alpha value is -1.06. The van der Waals surface area contributed by atoms with E-state index in [1.165, 1.54) is 39.2 Å². The van der Waals surface area contributed by atoms with Crippen LogP contribution < -0.4 is 0 Å². The Morgan fingerprint density at radius 1 is 1.24 bits per heavy atom. The van der Waals surface area contributed by atoms with Gasteiger partial charge in [-0.1, -0.05) is 13.8 Å². The molecule has 8 unspecified atom stereocenters. The molecule has 0 aromatic rings. The summed E-state index contributed by atoms with van der Waals surface area (Å²) in [5.41, 5.74) is 0.0212. The molecule has 0 aromatic carbocycles. The van der Waals surface area contributed by atoms with E-state index in [0.29, 0.717) is 6.42 Å². The topological polar surface area (TPSA) is 52.6 Å². The van der Waals surface area contributed by atoms with Crippen LogP contribution in [0.3, 0.4) is 0 Å². The zero-order valence-corrected chi connectivity index (χ0v) is 15.8. The number of carbonyl (C=O) groups excluding carboxylic acids is 2. The highest BCUT2D eigenvalue weighted by Crippen LogP contribution is 2.71. The number of hydrogen-bond acceptors (Lipinski definition) is 4.